The Morgan fingerprint density at radius 2 is 1.42 bits per heavy atom. The smallest absolute Gasteiger partial charge is 0.333 e. The minimum absolute atomic E-state index is 0.0591. The molecule has 22 nitrogen and oxygen atoms in total. The van der Waals surface area contributed by atoms with Crippen molar-refractivity contribution in [2.45, 2.75) is 156 Å². The molecule has 0 bridgehead atoms. The molecule has 2 rings (SSSR count). The zero-order valence-electron chi connectivity index (χ0n) is 43.6. The van der Waals surface area contributed by atoms with Gasteiger partial charge in [0.1, 0.15) is 36.0 Å². The molecular formula is C49H75N7O15. The summed E-state index contributed by atoms with van der Waals surface area (Å²) in [6.45, 7) is 19.9. The molecular weight excluding hydrogens is 927 g/mol. The Bertz CT molecular complexity index is 2100. The van der Waals surface area contributed by atoms with E-state index in [0.717, 1.165) is 21.6 Å². The molecule has 1 aliphatic rings. The van der Waals surface area contributed by atoms with E-state index in [1.807, 2.05) is 0 Å². The quantitative estimate of drug-likeness (QED) is 0.0957. The lowest BCUT2D eigenvalue weighted by Crippen LogP contribution is -2.64. The number of nitrogens with zero attached hydrogens (tertiary/aromatic N) is 3. The Morgan fingerprint density at radius 3 is 1.93 bits per heavy atom. The molecule has 396 valence electrons. The van der Waals surface area contributed by atoms with Gasteiger partial charge in [-0.1, -0.05) is 85.4 Å². The van der Waals surface area contributed by atoms with E-state index in [1.165, 1.54) is 55.9 Å². The fourth-order valence-electron chi connectivity index (χ4n) is 7.47. The number of benzene rings is 1. The molecule has 0 saturated carbocycles. The molecule has 1 aromatic rings. The molecule has 7 amide bonds. The summed E-state index contributed by atoms with van der Waals surface area (Å²) in [5, 5.41) is 21.0. The van der Waals surface area contributed by atoms with Crippen LogP contribution in [0.4, 0.5) is 0 Å². The molecule has 0 radical (unpaired) electrons. The first-order valence-corrected chi connectivity index (χ1v) is 23.6. The van der Waals surface area contributed by atoms with E-state index in [-0.39, 0.29) is 12.8 Å². The Morgan fingerprint density at radius 1 is 0.831 bits per heavy atom. The van der Waals surface area contributed by atoms with Crippen LogP contribution in [0, 0.1) is 17.8 Å². The molecule has 1 saturated heterocycles. The normalized spacial score (nSPS) is 24.7. The summed E-state index contributed by atoms with van der Waals surface area (Å²) in [6.07, 6.45) is -7.75. The molecule has 1 heterocycles. The maximum absolute atomic E-state index is 15.1. The van der Waals surface area contributed by atoms with Crippen LogP contribution in [0.15, 0.2) is 42.6 Å². The summed E-state index contributed by atoms with van der Waals surface area (Å²) in [5.74, 6) is -11.8. The number of cyclic esters (lactones) is 2. The van der Waals surface area contributed by atoms with Crippen molar-refractivity contribution < 1.29 is 72.0 Å². The van der Waals surface area contributed by atoms with Crippen LogP contribution in [0.1, 0.15) is 88.1 Å². The van der Waals surface area contributed by atoms with Gasteiger partial charge in [0.05, 0.1) is 12.2 Å². The second kappa shape index (κ2) is 27.3. The number of methoxy groups -OCH3 is 1. The second-order valence-electron chi connectivity index (χ2n) is 18.7. The van der Waals surface area contributed by atoms with E-state index in [1.54, 1.807) is 71.9 Å². The predicted molar refractivity (Wildman–Crippen MR) is 257 cm³/mol. The largest absolute Gasteiger partial charge is 0.458 e. The van der Waals surface area contributed by atoms with Gasteiger partial charge in [-0.05, 0) is 44.1 Å². The average molecular weight is 1000 g/mol. The van der Waals surface area contributed by atoms with Crippen molar-refractivity contribution in [3.8, 4) is 0 Å². The highest BCUT2D eigenvalue weighted by molar-refractivity contribution is 6.01. The number of nitrogens with one attached hydrogen (secondary N) is 4. The molecule has 11 atom stereocenters. The van der Waals surface area contributed by atoms with Crippen LogP contribution in [0.5, 0.6) is 0 Å². The van der Waals surface area contributed by atoms with Crippen molar-refractivity contribution >= 4 is 59.3 Å². The third-order valence-electron chi connectivity index (χ3n) is 12.2. The van der Waals surface area contributed by atoms with Crippen LogP contribution in [0.25, 0.3) is 0 Å². The molecule has 1 aliphatic heterocycles. The number of aliphatic hydroxyl groups excluding tert-OH is 1. The SMILES string of the molecule is C=C1C(=O)N[C@@H](C)C(=O)N(C)[C@@H](C)C(=O)N[C@H]([C@@H](OC(=O)[C@@H](NC(=O)CC)[C@H](O)C(C)C)C(C)C)C(=O)N(C)C([C@H](C)OC)C(=O)O[C@H](C(C)C)C(NC(C)=O)C(=O)O[C@H](Cc2ccccc2)C(=O)N1C. The Labute approximate surface area is 416 Å². The van der Waals surface area contributed by atoms with Gasteiger partial charge >= 0.3 is 17.9 Å². The van der Waals surface area contributed by atoms with E-state index < -0.39 is 149 Å². The summed E-state index contributed by atoms with van der Waals surface area (Å²) in [4.78, 5) is 142. The number of carbonyl (C=O) groups excluding carboxylic acids is 10. The van der Waals surface area contributed by atoms with Gasteiger partial charge in [-0.3, -0.25) is 33.6 Å². The fraction of sp³-hybridized carbons (Fsp3) is 0.633. The van der Waals surface area contributed by atoms with Crippen LogP contribution in [-0.4, -0.2) is 174 Å². The van der Waals surface area contributed by atoms with Crippen molar-refractivity contribution in [1.29, 1.82) is 0 Å². The number of aliphatic hydroxyl groups is 1. The van der Waals surface area contributed by atoms with Crippen LogP contribution in [0.3, 0.4) is 0 Å². The molecule has 1 aromatic carbocycles. The van der Waals surface area contributed by atoms with E-state index >= 15 is 4.79 Å². The molecule has 0 aromatic heterocycles. The Kier molecular flexibility index (Phi) is 23.3. The summed E-state index contributed by atoms with van der Waals surface area (Å²) >= 11 is 0. The first-order valence-electron chi connectivity index (χ1n) is 23.6. The number of likely N-dealkylation sites (N-methyl/N-ethyl adjacent to an activating group) is 3. The molecule has 5 N–H and O–H groups in total. The molecule has 71 heavy (non-hydrogen) atoms. The van der Waals surface area contributed by atoms with Gasteiger partial charge in [0, 0.05) is 48.0 Å². The molecule has 0 aliphatic carbocycles. The van der Waals surface area contributed by atoms with Crippen molar-refractivity contribution in [3.05, 3.63) is 48.2 Å². The Balaban J connectivity index is 2.97. The van der Waals surface area contributed by atoms with Gasteiger partial charge in [0.25, 0.3) is 11.8 Å². The van der Waals surface area contributed by atoms with Crippen molar-refractivity contribution in [2.75, 3.05) is 28.3 Å². The third-order valence-corrected chi connectivity index (χ3v) is 12.2. The highest BCUT2D eigenvalue weighted by atomic mass is 16.6. The van der Waals surface area contributed by atoms with Crippen molar-refractivity contribution in [2.24, 2.45) is 17.8 Å². The topological polar surface area (TPSA) is 286 Å². The first kappa shape index (κ1) is 60.7. The summed E-state index contributed by atoms with van der Waals surface area (Å²) in [5.41, 5.74) is 0.0576. The first-order chi connectivity index (χ1) is 33.0. The number of ether oxygens (including phenoxy) is 4. The van der Waals surface area contributed by atoms with Crippen LogP contribution in [0.2, 0.25) is 0 Å². The third kappa shape index (κ3) is 16.3. The highest BCUT2D eigenvalue weighted by Gasteiger charge is 2.47. The molecule has 22 heteroatoms. The molecule has 1 fully saturated rings. The van der Waals surface area contributed by atoms with E-state index in [2.05, 4.69) is 27.8 Å². The van der Waals surface area contributed by atoms with Crippen LogP contribution in [-0.2, 0) is 73.3 Å². The zero-order valence-corrected chi connectivity index (χ0v) is 43.6. The van der Waals surface area contributed by atoms with Crippen molar-refractivity contribution in [3.63, 3.8) is 0 Å². The lowest BCUT2D eigenvalue weighted by atomic mass is 9.95. The standard InChI is InChI=1S/C49H75N7O15/c1-17-34(58)52-35(39(59)24(2)3)47(65)70-40(25(4)5)36-46(64)56(15)38(30(11)68-16)49(67)71-41(26(6)7)37(51-31(12)57)48(66)69-33(23-32-21-19-18-20-22-32)45(63)55(14)28(9)42(60)50-27(8)44(62)54(13)29(10)43(61)53-36/h18-22,24-27,29-30,33,35-41,59H,9,17,23H2,1-8,10-16H3,(H,50,60)(H,51,57)(H,52,58)(H,53,61)/t27-,29-,30-,33+,35-,36+,37?,38?,39+,40-,41+/m0/s1. The molecule has 0 spiro atoms. The monoisotopic (exact) mass is 1000 g/mol. The molecule has 2 unspecified atom stereocenters. The summed E-state index contributed by atoms with van der Waals surface area (Å²) in [7, 11) is 4.88. The van der Waals surface area contributed by atoms with Gasteiger partial charge in [-0.15, -0.1) is 0 Å². The number of esters is 3. The minimum atomic E-state index is -1.86. The number of hydrogen-bond donors (Lipinski definition) is 5. The average Bonchev–Trinajstić information content (AvgIpc) is 3.32. The minimum Gasteiger partial charge on any atom is -0.458 e. The van der Waals surface area contributed by atoms with Crippen LogP contribution < -0.4 is 21.3 Å². The van der Waals surface area contributed by atoms with E-state index in [9.17, 15) is 48.3 Å². The highest BCUT2D eigenvalue weighted by Crippen LogP contribution is 2.23. The van der Waals surface area contributed by atoms with Gasteiger partial charge in [-0.25, -0.2) is 14.4 Å². The van der Waals surface area contributed by atoms with Gasteiger partial charge < -0.3 is 60.0 Å². The number of rotatable bonds is 14. The number of carbonyl (C=O) groups is 10. The van der Waals surface area contributed by atoms with E-state index in [4.69, 9.17) is 18.9 Å². The van der Waals surface area contributed by atoms with E-state index in [0.29, 0.717) is 5.56 Å². The fourth-order valence-corrected chi connectivity index (χ4v) is 7.47. The predicted octanol–water partition coefficient (Wildman–Crippen LogP) is 0.377. The second-order valence-corrected chi connectivity index (χ2v) is 18.7. The number of amides is 7. The van der Waals surface area contributed by atoms with Crippen LogP contribution >= 0.6 is 0 Å². The summed E-state index contributed by atoms with van der Waals surface area (Å²) in [6, 6.07) is -1.31. The lowest BCUT2D eigenvalue weighted by molar-refractivity contribution is -0.177. The maximum Gasteiger partial charge on any atom is 0.333 e. The maximum atomic E-state index is 15.1. The van der Waals surface area contributed by atoms with Gasteiger partial charge in [0.2, 0.25) is 29.5 Å². The number of hydrogen-bond acceptors (Lipinski definition) is 15. The zero-order chi connectivity index (χ0) is 54.3. The summed E-state index contributed by atoms with van der Waals surface area (Å²) < 4.78 is 23.4. The Hall–Kier alpha value is -6.42. The van der Waals surface area contributed by atoms with Gasteiger partial charge in [0.15, 0.2) is 24.2 Å². The van der Waals surface area contributed by atoms with Crippen molar-refractivity contribution in [1.82, 2.24) is 36.0 Å². The van der Waals surface area contributed by atoms with Gasteiger partial charge in [-0.2, -0.15) is 0 Å². The lowest BCUT2D eigenvalue weighted by Gasteiger charge is -2.39.